The molecule has 1 saturated heterocycles. The number of benzene rings is 1. The summed E-state index contributed by atoms with van der Waals surface area (Å²) in [5, 5.41) is 2.27. The minimum Gasteiger partial charge on any atom is -0.341 e. The minimum atomic E-state index is -0.915. The normalized spacial score (nSPS) is 17.6. The number of carbonyl (C=O) groups is 2. The third kappa shape index (κ3) is 3.90. The Morgan fingerprint density at radius 3 is 2.28 bits per heavy atom. The van der Waals surface area contributed by atoms with E-state index in [0.717, 1.165) is 25.0 Å². The molecule has 0 aromatic heterocycles. The van der Waals surface area contributed by atoms with Crippen molar-refractivity contribution < 1.29 is 18.4 Å². The second-order valence-corrected chi connectivity index (χ2v) is 6.33. The first-order valence-electron chi connectivity index (χ1n) is 8.30. The van der Waals surface area contributed by atoms with E-state index in [2.05, 4.69) is 11.2 Å². The van der Waals surface area contributed by atoms with Gasteiger partial charge in [-0.25, -0.2) is 13.6 Å². The molecule has 2 fully saturated rings. The van der Waals surface area contributed by atoms with Crippen molar-refractivity contribution >= 4 is 17.6 Å². The number of carbonyl (C=O) groups excluding carboxylic acids is 2. The molecule has 1 aliphatic carbocycles. The molecule has 0 bridgehead atoms. The number of rotatable bonds is 2. The summed E-state index contributed by atoms with van der Waals surface area (Å²) in [6, 6.07) is 1.40. The van der Waals surface area contributed by atoms with Crippen molar-refractivity contribution in [3.63, 3.8) is 0 Å². The van der Waals surface area contributed by atoms with Crippen molar-refractivity contribution in [1.82, 2.24) is 9.80 Å². The van der Waals surface area contributed by atoms with Crippen molar-refractivity contribution in [3.8, 4) is 12.3 Å². The van der Waals surface area contributed by atoms with Gasteiger partial charge in [-0.1, -0.05) is 5.92 Å². The predicted molar refractivity (Wildman–Crippen MR) is 88.8 cm³/mol. The average molecular weight is 347 g/mol. The predicted octanol–water partition coefficient (Wildman–Crippen LogP) is 2.42. The number of nitrogens with one attached hydrogen (secondary N) is 1. The van der Waals surface area contributed by atoms with Gasteiger partial charge in [-0.3, -0.25) is 4.79 Å². The molecule has 1 saturated carbocycles. The van der Waals surface area contributed by atoms with Crippen LogP contribution in [0.4, 0.5) is 19.3 Å². The van der Waals surface area contributed by atoms with Crippen LogP contribution >= 0.6 is 0 Å². The average Bonchev–Trinajstić information content (AvgIpc) is 3.43. The molecule has 0 unspecified atom stereocenters. The lowest BCUT2D eigenvalue weighted by Crippen LogP contribution is -2.40. The zero-order chi connectivity index (χ0) is 18.0. The second-order valence-electron chi connectivity index (χ2n) is 6.33. The molecule has 1 aromatic rings. The molecule has 132 valence electrons. The van der Waals surface area contributed by atoms with Crippen LogP contribution in [0, 0.1) is 29.9 Å². The number of hydrogen-bond acceptors (Lipinski definition) is 2. The highest BCUT2D eigenvalue weighted by Crippen LogP contribution is 2.31. The van der Waals surface area contributed by atoms with Gasteiger partial charge in [-0.05, 0) is 31.4 Å². The van der Waals surface area contributed by atoms with Crippen LogP contribution in [0.5, 0.6) is 0 Å². The number of terminal acetylenes is 1. The molecule has 3 amide bonds. The molecule has 1 aliphatic heterocycles. The molecule has 1 N–H and O–H groups in total. The van der Waals surface area contributed by atoms with Crippen molar-refractivity contribution in [2.45, 2.75) is 19.3 Å². The van der Waals surface area contributed by atoms with Crippen molar-refractivity contribution in [2.75, 3.05) is 31.5 Å². The molecule has 5 nitrogen and oxygen atoms in total. The fourth-order valence-corrected chi connectivity index (χ4v) is 2.89. The van der Waals surface area contributed by atoms with Crippen LogP contribution in [0.25, 0.3) is 0 Å². The first-order valence-corrected chi connectivity index (χ1v) is 8.30. The summed E-state index contributed by atoms with van der Waals surface area (Å²) in [4.78, 5) is 27.7. The van der Waals surface area contributed by atoms with Gasteiger partial charge in [0.1, 0.15) is 5.69 Å². The Morgan fingerprint density at radius 1 is 1.08 bits per heavy atom. The highest BCUT2D eigenvalue weighted by molar-refractivity contribution is 5.90. The summed E-state index contributed by atoms with van der Waals surface area (Å²) in [5.41, 5.74) is -0.448. The van der Waals surface area contributed by atoms with Crippen molar-refractivity contribution in [1.29, 1.82) is 0 Å². The number of amides is 3. The van der Waals surface area contributed by atoms with Gasteiger partial charge in [0.25, 0.3) is 0 Å². The van der Waals surface area contributed by atoms with Crippen LogP contribution in [0.2, 0.25) is 0 Å². The molecule has 0 atom stereocenters. The molecule has 25 heavy (non-hydrogen) atoms. The Labute approximate surface area is 145 Å². The van der Waals surface area contributed by atoms with Gasteiger partial charge in [-0.15, -0.1) is 6.42 Å². The van der Waals surface area contributed by atoms with Crippen molar-refractivity contribution in [3.05, 3.63) is 29.3 Å². The first-order chi connectivity index (χ1) is 12.0. The van der Waals surface area contributed by atoms with E-state index in [1.165, 1.54) is 4.90 Å². The van der Waals surface area contributed by atoms with Gasteiger partial charge < -0.3 is 15.1 Å². The van der Waals surface area contributed by atoms with Crippen LogP contribution in [-0.2, 0) is 4.79 Å². The zero-order valence-electron chi connectivity index (χ0n) is 13.7. The van der Waals surface area contributed by atoms with Crippen LogP contribution in [-0.4, -0.2) is 47.9 Å². The molecule has 7 heteroatoms. The molecular formula is C18H19F2N3O2. The Balaban J connectivity index is 1.64. The number of hydrogen-bond donors (Lipinski definition) is 1. The zero-order valence-corrected chi connectivity index (χ0v) is 13.7. The highest BCUT2D eigenvalue weighted by Gasteiger charge is 2.34. The smallest absolute Gasteiger partial charge is 0.322 e. The lowest BCUT2D eigenvalue weighted by atomic mass is 10.2. The quantitative estimate of drug-likeness (QED) is 0.836. The molecule has 3 rings (SSSR count). The standard InChI is InChI=1S/C18H19F2N3O2/c1-2-12-10-14(19)16(15(20)11-12)21-18(25)23-7-3-6-22(8-9-23)17(24)13-4-5-13/h1,10-11,13H,3-9H2,(H,21,25). The lowest BCUT2D eigenvalue weighted by Gasteiger charge is -2.22. The van der Waals surface area contributed by atoms with Crippen LogP contribution in [0.3, 0.4) is 0 Å². The molecular weight excluding hydrogens is 328 g/mol. The van der Waals surface area contributed by atoms with Gasteiger partial charge >= 0.3 is 6.03 Å². The van der Waals surface area contributed by atoms with Gasteiger partial charge in [0.2, 0.25) is 5.91 Å². The van der Waals surface area contributed by atoms with Crippen molar-refractivity contribution in [2.24, 2.45) is 5.92 Å². The first kappa shape index (κ1) is 17.2. The highest BCUT2D eigenvalue weighted by atomic mass is 19.1. The third-order valence-corrected chi connectivity index (χ3v) is 4.46. The SMILES string of the molecule is C#Cc1cc(F)c(NC(=O)N2CCCN(C(=O)C3CC3)CC2)c(F)c1. The van der Waals surface area contributed by atoms with Crippen LogP contribution < -0.4 is 5.32 Å². The summed E-state index contributed by atoms with van der Waals surface area (Å²) < 4.78 is 27.9. The van der Waals surface area contributed by atoms with Gasteiger partial charge in [-0.2, -0.15) is 0 Å². The number of anilines is 1. The third-order valence-electron chi connectivity index (χ3n) is 4.46. The van der Waals surface area contributed by atoms with E-state index >= 15 is 0 Å². The minimum absolute atomic E-state index is 0.0667. The van der Waals surface area contributed by atoms with Gasteiger partial charge in [0, 0.05) is 37.7 Å². The second kappa shape index (κ2) is 7.09. The Bertz CT molecular complexity index is 717. The molecule has 0 spiro atoms. The molecule has 2 aliphatic rings. The summed E-state index contributed by atoms with van der Waals surface area (Å²) in [7, 11) is 0. The molecule has 1 aromatic carbocycles. The lowest BCUT2D eigenvalue weighted by molar-refractivity contribution is -0.132. The van der Waals surface area contributed by atoms with Gasteiger partial charge in [0.05, 0.1) is 0 Å². The number of halogens is 2. The maximum Gasteiger partial charge on any atom is 0.322 e. The number of urea groups is 1. The Kier molecular flexibility index (Phi) is 4.88. The van der Waals surface area contributed by atoms with Crippen LogP contribution in [0.15, 0.2) is 12.1 Å². The monoisotopic (exact) mass is 347 g/mol. The summed E-state index contributed by atoms with van der Waals surface area (Å²) in [5.74, 6) is 0.600. The van der Waals surface area contributed by atoms with E-state index in [9.17, 15) is 18.4 Å². The van der Waals surface area contributed by atoms with E-state index in [4.69, 9.17) is 6.42 Å². The number of nitrogens with zero attached hydrogens (tertiary/aromatic N) is 2. The topological polar surface area (TPSA) is 52.7 Å². The maximum absolute atomic E-state index is 13.9. The van der Waals surface area contributed by atoms with Crippen LogP contribution in [0.1, 0.15) is 24.8 Å². The van der Waals surface area contributed by atoms with E-state index in [-0.39, 0.29) is 17.4 Å². The molecule has 0 radical (unpaired) electrons. The molecule has 1 heterocycles. The fourth-order valence-electron chi connectivity index (χ4n) is 2.89. The van der Waals surface area contributed by atoms with E-state index in [1.54, 1.807) is 4.90 Å². The Morgan fingerprint density at radius 2 is 1.68 bits per heavy atom. The fraction of sp³-hybridized carbons (Fsp3) is 0.444. The largest absolute Gasteiger partial charge is 0.341 e. The van der Waals surface area contributed by atoms with Gasteiger partial charge in [0.15, 0.2) is 11.6 Å². The summed E-state index contributed by atoms with van der Waals surface area (Å²) in [6.07, 6.45) is 7.63. The maximum atomic E-state index is 13.9. The van der Waals surface area contributed by atoms with E-state index in [1.807, 2.05) is 0 Å². The van der Waals surface area contributed by atoms with E-state index < -0.39 is 23.4 Å². The summed E-state index contributed by atoms with van der Waals surface area (Å²) >= 11 is 0. The summed E-state index contributed by atoms with van der Waals surface area (Å²) in [6.45, 7) is 1.78. The Hall–Kier alpha value is -2.62. The van der Waals surface area contributed by atoms with E-state index in [0.29, 0.717) is 32.6 Å².